The monoisotopic (exact) mass is 720 g/mol. The average molecular weight is 721 g/mol. The first-order valence-corrected chi connectivity index (χ1v) is 19.3. The van der Waals surface area contributed by atoms with Crippen molar-refractivity contribution in [1.82, 2.24) is 0 Å². The fourth-order valence-corrected chi connectivity index (χ4v) is 13.6. The zero-order valence-corrected chi connectivity index (χ0v) is 32.0. The van der Waals surface area contributed by atoms with Crippen LogP contribution in [-0.4, -0.2) is 99.2 Å². The van der Waals surface area contributed by atoms with Crippen LogP contribution >= 0.6 is 0 Å². The third-order valence-electron chi connectivity index (χ3n) is 16.0. The van der Waals surface area contributed by atoms with Gasteiger partial charge in [-0.25, -0.2) is 0 Å². The van der Waals surface area contributed by atoms with Crippen molar-refractivity contribution in [3.63, 3.8) is 0 Å². The summed E-state index contributed by atoms with van der Waals surface area (Å²) in [7, 11) is 0. The van der Waals surface area contributed by atoms with Crippen molar-refractivity contribution in [2.75, 3.05) is 6.61 Å². The summed E-state index contributed by atoms with van der Waals surface area (Å²) in [4.78, 5) is 23.9. The van der Waals surface area contributed by atoms with E-state index >= 15 is 0 Å². The molecular weight excluding hydrogens is 656 g/mol. The molecule has 11 nitrogen and oxygen atoms in total. The fourth-order valence-electron chi connectivity index (χ4n) is 13.6. The molecule has 2 unspecified atom stereocenters. The molecule has 0 spiro atoms. The van der Waals surface area contributed by atoms with Crippen LogP contribution in [-0.2, 0) is 28.5 Å². The SMILES string of the molecule is C=C(C)C(O)C(O)C[C@@H](C)[C@@H]1CC[C@]23C[C@]12CC[C@@H]1[C@@]2(C)CC[C@@H](OC(C)=O)C(C)(C)[C@@H]2C[C@@H](O[C@@H]2O[C@H](COC(C)=O)[C@@H](O)[C@H](O)[C@H]2O)[C@]13C. The number of esters is 2. The molecule has 17 atom stereocenters. The minimum Gasteiger partial charge on any atom is -0.463 e. The van der Waals surface area contributed by atoms with E-state index in [-0.39, 0.29) is 63.5 Å². The third-order valence-corrected chi connectivity index (χ3v) is 16.0. The van der Waals surface area contributed by atoms with E-state index in [1.54, 1.807) is 6.92 Å². The van der Waals surface area contributed by atoms with E-state index in [9.17, 15) is 35.1 Å². The van der Waals surface area contributed by atoms with Crippen molar-refractivity contribution in [3.8, 4) is 0 Å². The molecule has 5 aliphatic carbocycles. The average Bonchev–Trinajstić information content (AvgIpc) is 3.62. The fraction of sp³-hybridized carbons (Fsp3) is 0.900. The first-order chi connectivity index (χ1) is 23.7. The van der Waals surface area contributed by atoms with E-state index in [1.165, 1.54) is 13.8 Å². The van der Waals surface area contributed by atoms with Crippen LogP contribution in [0.1, 0.15) is 113 Å². The van der Waals surface area contributed by atoms with Gasteiger partial charge >= 0.3 is 11.9 Å². The van der Waals surface area contributed by atoms with Gasteiger partial charge in [0.05, 0.1) is 12.2 Å². The van der Waals surface area contributed by atoms with E-state index in [4.69, 9.17) is 18.9 Å². The maximum absolute atomic E-state index is 12.3. The van der Waals surface area contributed by atoms with Crippen LogP contribution < -0.4 is 0 Å². The smallest absolute Gasteiger partial charge is 0.302 e. The number of fused-ring (bicyclic) bond motifs is 3. The first kappa shape index (κ1) is 39.1. The van der Waals surface area contributed by atoms with Gasteiger partial charge in [0.2, 0.25) is 0 Å². The van der Waals surface area contributed by atoms with E-state index in [2.05, 4.69) is 41.2 Å². The lowest BCUT2D eigenvalue weighted by Gasteiger charge is -2.69. The molecule has 51 heavy (non-hydrogen) atoms. The highest BCUT2D eigenvalue weighted by atomic mass is 16.7. The Morgan fingerprint density at radius 2 is 1.57 bits per heavy atom. The number of hydrogen-bond donors (Lipinski definition) is 5. The molecule has 1 heterocycles. The lowest BCUT2D eigenvalue weighted by molar-refractivity contribution is -0.344. The van der Waals surface area contributed by atoms with Crippen LogP contribution in [0.2, 0.25) is 0 Å². The second-order valence-electron chi connectivity index (χ2n) is 18.7. The summed E-state index contributed by atoms with van der Waals surface area (Å²) >= 11 is 0. The van der Waals surface area contributed by atoms with Crippen LogP contribution in [0.25, 0.3) is 0 Å². The minimum atomic E-state index is -1.57. The van der Waals surface area contributed by atoms with Gasteiger partial charge in [-0.1, -0.05) is 41.2 Å². The summed E-state index contributed by atoms with van der Waals surface area (Å²) in [5.41, 5.74) is -0.234. The zero-order chi connectivity index (χ0) is 37.6. The first-order valence-electron chi connectivity index (χ1n) is 19.3. The maximum atomic E-state index is 12.3. The second-order valence-corrected chi connectivity index (χ2v) is 18.7. The highest BCUT2D eigenvalue weighted by molar-refractivity contribution is 5.66. The quantitative estimate of drug-likeness (QED) is 0.125. The molecule has 1 aliphatic heterocycles. The van der Waals surface area contributed by atoms with Gasteiger partial charge in [0.15, 0.2) is 6.29 Å². The largest absolute Gasteiger partial charge is 0.463 e. The van der Waals surface area contributed by atoms with Crippen LogP contribution in [0, 0.1) is 50.7 Å². The number of rotatable bonds is 10. The topological polar surface area (TPSA) is 172 Å². The molecule has 5 saturated carbocycles. The van der Waals surface area contributed by atoms with E-state index in [0.29, 0.717) is 24.3 Å². The highest BCUT2D eigenvalue weighted by Crippen LogP contribution is 2.91. The number of carbonyl (C=O) groups excluding carboxylic acids is 2. The van der Waals surface area contributed by atoms with E-state index in [1.807, 2.05) is 0 Å². The lowest BCUT2D eigenvalue weighted by Crippen LogP contribution is -2.68. The van der Waals surface area contributed by atoms with Gasteiger partial charge in [0.1, 0.15) is 43.2 Å². The predicted molar refractivity (Wildman–Crippen MR) is 187 cm³/mol. The van der Waals surface area contributed by atoms with Crippen molar-refractivity contribution >= 4 is 11.9 Å². The molecule has 6 fully saturated rings. The predicted octanol–water partition coefficient (Wildman–Crippen LogP) is 4.05. The number of ether oxygens (including phenoxy) is 4. The molecule has 6 rings (SSSR count). The van der Waals surface area contributed by atoms with Gasteiger partial charge in [-0.15, -0.1) is 0 Å². The Bertz CT molecular complexity index is 1370. The molecular formula is C40H64O11. The zero-order valence-electron chi connectivity index (χ0n) is 32.0. The Balaban J connectivity index is 1.36. The Kier molecular flexibility index (Phi) is 10.2. The number of hydrogen-bond acceptors (Lipinski definition) is 11. The van der Waals surface area contributed by atoms with Crippen LogP contribution in [0.5, 0.6) is 0 Å². The van der Waals surface area contributed by atoms with Crippen molar-refractivity contribution < 1.29 is 54.1 Å². The van der Waals surface area contributed by atoms with Gasteiger partial charge in [0.25, 0.3) is 0 Å². The van der Waals surface area contributed by atoms with Crippen LogP contribution in [0.15, 0.2) is 12.2 Å². The minimum absolute atomic E-state index is 0.0514. The van der Waals surface area contributed by atoms with Gasteiger partial charge in [-0.3, -0.25) is 9.59 Å². The van der Waals surface area contributed by atoms with Crippen molar-refractivity contribution in [2.45, 2.75) is 168 Å². The van der Waals surface area contributed by atoms with Gasteiger partial charge in [-0.2, -0.15) is 0 Å². The van der Waals surface area contributed by atoms with E-state index in [0.717, 1.165) is 44.9 Å². The van der Waals surface area contributed by atoms with E-state index < -0.39 is 55.0 Å². The van der Waals surface area contributed by atoms with Gasteiger partial charge < -0.3 is 44.5 Å². The molecule has 0 aromatic heterocycles. The Morgan fingerprint density at radius 3 is 2.20 bits per heavy atom. The summed E-state index contributed by atoms with van der Waals surface area (Å²) in [6, 6.07) is 0. The molecule has 0 bridgehead atoms. The Labute approximate surface area is 303 Å². The molecule has 1 saturated heterocycles. The Morgan fingerprint density at radius 1 is 0.882 bits per heavy atom. The van der Waals surface area contributed by atoms with Crippen molar-refractivity contribution in [3.05, 3.63) is 12.2 Å². The normalized spacial score (nSPS) is 48.5. The molecule has 5 N–H and O–H groups in total. The molecule has 0 aromatic rings. The molecule has 6 aliphatic rings. The second kappa shape index (κ2) is 13.3. The van der Waals surface area contributed by atoms with Gasteiger partial charge in [-0.05, 0) is 110 Å². The molecule has 0 amide bonds. The number of aliphatic hydroxyl groups excluding tert-OH is 5. The standard InChI is InChI=1S/C40H64O11/c1-20(2)31(44)25(43)16-21(3)24-10-15-40-19-39(24,40)14-11-27-37(8)13-12-29(49-23(5)42)36(6,7)28(37)17-30(38(27,40)9)51-35-34(47)33(46)32(45)26(50-35)18-48-22(4)41/h21,24-35,43-47H,1,10-19H2,2-9H3/t21-,24+,25?,26-,27-,28+,29-,30-,31?,32-,33+,34-,35+,37-,38+,39-,40-/m1/s1. The molecule has 11 heteroatoms. The summed E-state index contributed by atoms with van der Waals surface area (Å²) in [6.07, 6.45) is -1.44. The van der Waals surface area contributed by atoms with Crippen molar-refractivity contribution in [1.29, 1.82) is 0 Å². The summed E-state index contributed by atoms with van der Waals surface area (Å²) in [5.74, 6) is 0.0697. The third kappa shape index (κ3) is 5.86. The lowest BCUT2D eigenvalue weighted by atomic mass is 9.37. The molecule has 0 aromatic carbocycles. The summed E-state index contributed by atoms with van der Waals surface area (Å²) in [5, 5.41) is 54.6. The van der Waals surface area contributed by atoms with Crippen molar-refractivity contribution in [2.24, 2.45) is 50.7 Å². The maximum Gasteiger partial charge on any atom is 0.302 e. The van der Waals surface area contributed by atoms with Crippen LogP contribution in [0.4, 0.5) is 0 Å². The Hall–Kier alpha value is -1.60. The van der Waals surface area contributed by atoms with Crippen LogP contribution in [0.3, 0.4) is 0 Å². The molecule has 0 radical (unpaired) electrons. The summed E-state index contributed by atoms with van der Waals surface area (Å²) in [6.45, 7) is 19.5. The summed E-state index contributed by atoms with van der Waals surface area (Å²) < 4.78 is 24.3. The van der Waals surface area contributed by atoms with Gasteiger partial charge in [0, 0.05) is 24.7 Å². The number of carbonyl (C=O) groups is 2. The molecule has 290 valence electrons. The number of aliphatic hydroxyl groups is 5. The highest BCUT2D eigenvalue weighted by Gasteiger charge is 2.85.